The summed E-state index contributed by atoms with van der Waals surface area (Å²) in [6, 6.07) is 10.3. The maximum absolute atomic E-state index is 5.69. The SMILES string of the molecule is CC(C)(C)c1ccc(Nc2cncc(N)c2)cc1. The summed E-state index contributed by atoms with van der Waals surface area (Å²) in [6.45, 7) is 6.62. The van der Waals surface area contributed by atoms with Crippen LogP contribution in [0.5, 0.6) is 0 Å². The van der Waals surface area contributed by atoms with Crippen molar-refractivity contribution in [3.05, 3.63) is 48.3 Å². The second-order valence-electron chi connectivity index (χ2n) is 5.46. The zero-order valence-electron chi connectivity index (χ0n) is 11.1. The fraction of sp³-hybridized carbons (Fsp3) is 0.267. The van der Waals surface area contributed by atoms with E-state index < -0.39 is 0 Å². The molecule has 3 heteroatoms. The summed E-state index contributed by atoms with van der Waals surface area (Å²) in [5.74, 6) is 0. The zero-order valence-corrected chi connectivity index (χ0v) is 11.1. The van der Waals surface area contributed by atoms with E-state index in [1.54, 1.807) is 12.4 Å². The van der Waals surface area contributed by atoms with Gasteiger partial charge in [-0.1, -0.05) is 32.9 Å². The highest BCUT2D eigenvalue weighted by molar-refractivity contribution is 5.62. The van der Waals surface area contributed by atoms with Gasteiger partial charge in [-0.2, -0.15) is 0 Å². The lowest BCUT2D eigenvalue weighted by atomic mass is 9.87. The van der Waals surface area contributed by atoms with Crippen molar-refractivity contribution in [3.63, 3.8) is 0 Å². The number of aromatic nitrogens is 1. The first-order valence-corrected chi connectivity index (χ1v) is 6.03. The average Bonchev–Trinajstić information content (AvgIpc) is 2.28. The molecule has 0 aliphatic heterocycles. The third kappa shape index (κ3) is 3.00. The Kier molecular flexibility index (Phi) is 3.24. The minimum atomic E-state index is 0.178. The molecule has 3 N–H and O–H groups in total. The fourth-order valence-electron chi connectivity index (χ4n) is 1.75. The number of rotatable bonds is 2. The summed E-state index contributed by atoms with van der Waals surface area (Å²) in [5.41, 5.74) is 9.78. The van der Waals surface area contributed by atoms with E-state index in [-0.39, 0.29) is 5.41 Å². The van der Waals surface area contributed by atoms with Crippen molar-refractivity contribution < 1.29 is 0 Å². The lowest BCUT2D eigenvalue weighted by molar-refractivity contribution is 0.590. The first-order valence-electron chi connectivity index (χ1n) is 6.03. The van der Waals surface area contributed by atoms with E-state index >= 15 is 0 Å². The molecule has 0 saturated carbocycles. The van der Waals surface area contributed by atoms with Gasteiger partial charge in [0.05, 0.1) is 17.6 Å². The van der Waals surface area contributed by atoms with Crippen molar-refractivity contribution in [2.75, 3.05) is 11.1 Å². The Morgan fingerprint density at radius 3 is 2.22 bits per heavy atom. The molecular weight excluding hydrogens is 222 g/mol. The van der Waals surface area contributed by atoms with Gasteiger partial charge in [-0.3, -0.25) is 4.98 Å². The molecule has 0 radical (unpaired) electrons. The smallest absolute Gasteiger partial charge is 0.0591 e. The Morgan fingerprint density at radius 1 is 1.00 bits per heavy atom. The first kappa shape index (κ1) is 12.4. The van der Waals surface area contributed by atoms with Crippen LogP contribution in [-0.2, 0) is 5.41 Å². The van der Waals surface area contributed by atoms with E-state index in [0.29, 0.717) is 5.69 Å². The van der Waals surface area contributed by atoms with Gasteiger partial charge in [-0.05, 0) is 29.2 Å². The van der Waals surface area contributed by atoms with Gasteiger partial charge in [-0.25, -0.2) is 0 Å². The van der Waals surface area contributed by atoms with Gasteiger partial charge in [0.1, 0.15) is 0 Å². The predicted octanol–water partition coefficient (Wildman–Crippen LogP) is 3.70. The fourth-order valence-corrected chi connectivity index (χ4v) is 1.75. The molecule has 94 valence electrons. The summed E-state index contributed by atoms with van der Waals surface area (Å²) in [7, 11) is 0. The highest BCUT2D eigenvalue weighted by atomic mass is 14.9. The summed E-state index contributed by atoms with van der Waals surface area (Å²) < 4.78 is 0. The number of benzene rings is 1. The molecule has 0 unspecified atom stereocenters. The molecule has 0 bridgehead atoms. The van der Waals surface area contributed by atoms with Crippen molar-refractivity contribution in [1.29, 1.82) is 0 Å². The monoisotopic (exact) mass is 241 g/mol. The van der Waals surface area contributed by atoms with Gasteiger partial charge in [0.15, 0.2) is 0 Å². The van der Waals surface area contributed by atoms with Crippen LogP contribution in [0.25, 0.3) is 0 Å². The molecule has 18 heavy (non-hydrogen) atoms. The topological polar surface area (TPSA) is 50.9 Å². The van der Waals surface area contributed by atoms with Crippen LogP contribution in [0.15, 0.2) is 42.7 Å². The molecule has 2 aromatic rings. The Balaban J connectivity index is 2.16. The van der Waals surface area contributed by atoms with Crippen LogP contribution in [0.1, 0.15) is 26.3 Å². The van der Waals surface area contributed by atoms with Gasteiger partial charge in [-0.15, -0.1) is 0 Å². The number of anilines is 3. The van der Waals surface area contributed by atoms with Crippen molar-refractivity contribution in [2.24, 2.45) is 0 Å². The standard InChI is InChI=1S/C15H19N3/c1-15(2,3)11-4-6-13(7-5-11)18-14-8-12(16)9-17-10-14/h4-10,18H,16H2,1-3H3. The maximum Gasteiger partial charge on any atom is 0.0591 e. The van der Waals surface area contributed by atoms with E-state index in [0.717, 1.165) is 11.4 Å². The molecule has 0 saturated heterocycles. The molecule has 0 aliphatic carbocycles. The summed E-state index contributed by atoms with van der Waals surface area (Å²) >= 11 is 0. The summed E-state index contributed by atoms with van der Waals surface area (Å²) in [4.78, 5) is 4.05. The van der Waals surface area contributed by atoms with Gasteiger partial charge >= 0.3 is 0 Å². The second kappa shape index (κ2) is 4.69. The van der Waals surface area contributed by atoms with Gasteiger partial charge in [0.2, 0.25) is 0 Å². The van der Waals surface area contributed by atoms with Crippen LogP contribution >= 0.6 is 0 Å². The third-order valence-electron chi connectivity index (χ3n) is 2.80. The Labute approximate surface area is 108 Å². The van der Waals surface area contributed by atoms with Gasteiger partial charge in [0, 0.05) is 11.9 Å². The minimum absolute atomic E-state index is 0.178. The number of nitrogens with zero attached hydrogens (tertiary/aromatic N) is 1. The molecule has 0 amide bonds. The van der Waals surface area contributed by atoms with Crippen LogP contribution in [-0.4, -0.2) is 4.98 Å². The third-order valence-corrected chi connectivity index (χ3v) is 2.80. The van der Waals surface area contributed by atoms with Crippen LogP contribution in [0, 0.1) is 0 Å². The lowest BCUT2D eigenvalue weighted by Crippen LogP contribution is -2.10. The lowest BCUT2D eigenvalue weighted by Gasteiger charge is -2.19. The van der Waals surface area contributed by atoms with E-state index in [1.807, 2.05) is 6.07 Å². The Bertz CT molecular complexity index is 524. The number of nitrogens with one attached hydrogen (secondary N) is 1. The minimum Gasteiger partial charge on any atom is -0.397 e. The number of hydrogen-bond acceptors (Lipinski definition) is 3. The number of pyridine rings is 1. The highest BCUT2D eigenvalue weighted by Crippen LogP contribution is 2.25. The Hall–Kier alpha value is -2.03. The predicted molar refractivity (Wildman–Crippen MR) is 77.1 cm³/mol. The molecule has 1 aromatic heterocycles. The average molecular weight is 241 g/mol. The van der Waals surface area contributed by atoms with E-state index in [4.69, 9.17) is 5.73 Å². The summed E-state index contributed by atoms with van der Waals surface area (Å²) in [6.07, 6.45) is 3.39. The van der Waals surface area contributed by atoms with Crippen molar-refractivity contribution in [2.45, 2.75) is 26.2 Å². The van der Waals surface area contributed by atoms with Gasteiger partial charge in [0.25, 0.3) is 0 Å². The molecule has 3 nitrogen and oxygen atoms in total. The quantitative estimate of drug-likeness (QED) is 0.842. The van der Waals surface area contributed by atoms with Crippen LogP contribution in [0.4, 0.5) is 17.1 Å². The molecule has 0 fully saturated rings. The van der Waals surface area contributed by atoms with Crippen molar-refractivity contribution in [3.8, 4) is 0 Å². The zero-order chi connectivity index (χ0) is 13.2. The number of nitrogen functional groups attached to an aromatic ring is 1. The molecule has 0 spiro atoms. The van der Waals surface area contributed by atoms with Gasteiger partial charge < -0.3 is 11.1 Å². The molecule has 2 rings (SSSR count). The molecule has 1 aromatic carbocycles. The molecule has 0 atom stereocenters. The molecule has 0 aliphatic rings. The van der Waals surface area contributed by atoms with E-state index in [2.05, 4.69) is 55.3 Å². The van der Waals surface area contributed by atoms with Crippen LogP contribution in [0.3, 0.4) is 0 Å². The van der Waals surface area contributed by atoms with E-state index in [1.165, 1.54) is 5.56 Å². The molecular formula is C15H19N3. The van der Waals surface area contributed by atoms with E-state index in [9.17, 15) is 0 Å². The van der Waals surface area contributed by atoms with Crippen LogP contribution in [0.2, 0.25) is 0 Å². The first-order chi connectivity index (χ1) is 8.45. The Morgan fingerprint density at radius 2 is 1.67 bits per heavy atom. The normalized spacial score (nSPS) is 11.3. The number of hydrogen-bond donors (Lipinski definition) is 2. The van der Waals surface area contributed by atoms with Crippen molar-refractivity contribution in [1.82, 2.24) is 4.98 Å². The maximum atomic E-state index is 5.69. The number of nitrogens with two attached hydrogens (primary N) is 1. The largest absolute Gasteiger partial charge is 0.397 e. The molecule has 1 heterocycles. The van der Waals surface area contributed by atoms with Crippen molar-refractivity contribution >= 4 is 17.1 Å². The van der Waals surface area contributed by atoms with Crippen LogP contribution < -0.4 is 11.1 Å². The second-order valence-corrected chi connectivity index (χ2v) is 5.46. The summed E-state index contributed by atoms with van der Waals surface area (Å²) in [5, 5.41) is 3.28. The highest BCUT2D eigenvalue weighted by Gasteiger charge is 2.12.